The van der Waals surface area contributed by atoms with Gasteiger partial charge in [0.2, 0.25) is 11.8 Å². The second kappa shape index (κ2) is 6.42. The van der Waals surface area contributed by atoms with E-state index < -0.39 is 0 Å². The van der Waals surface area contributed by atoms with Gasteiger partial charge >= 0.3 is 0 Å². The van der Waals surface area contributed by atoms with Crippen molar-refractivity contribution in [3.05, 3.63) is 0 Å². The monoisotopic (exact) mass is 187 g/mol. The van der Waals surface area contributed by atoms with Crippen LogP contribution < -0.4 is 11.1 Å². The summed E-state index contributed by atoms with van der Waals surface area (Å²) in [6.45, 7) is 2.84. The topological polar surface area (TPSA) is 75.4 Å². The van der Waals surface area contributed by atoms with E-state index >= 15 is 0 Å². The quantitative estimate of drug-likeness (QED) is 0.575. The zero-order chi connectivity index (χ0) is 10.3. The number of nitrogens with two attached hydrogens (primary N) is 1. The van der Waals surface area contributed by atoms with Gasteiger partial charge in [-0.25, -0.2) is 0 Å². The minimum atomic E-state index is -0.143. The molecule has 0 heterocycles. The summed E-state index contributed by atoms with van der Waals surface area (Å²) in [5, 5.41) is 2.61. The Labute approximate surface area is 78.3 Å². The molecule has 5 heteroatoms. The summed E-state index contributed by atoms with van der Waals surface area (Å²) in [6.07, 6.45) is 0.288. The van der Waals surface area contributed by atoms with Crippen molar-refractivity contribution in [2.24, 2.45) is 5.73 Å². The van der Waals surface area contributed by atoms with Crippen LogP contribution in [0, 0.1) is 0 Å². The van der Waals surface area contributed by atoms with Gasteiger partial charge in [0.15, 0.2) is 0 Å². The molecule has 0 fully saturated rings. The van der Waals surface area contributed by atoms with Crippen LogP contribution in [0.15, 0.2) is 0 Å². The molecule has 0 atom stereocenters. The minimum absolute atomic E-state index is 0.103. The van der Waals surface area contributed by atoms with Gasteiger partial charge in [-0.1, -0.05) is 0 Å². The van der Waals surface area contributed by atoms with E-state index in [1.54, 1.807) is 7.05 Å². The van der Waals surface area contributed by atoms with Crippen LogP contribution in [0.1, 0.15) is 13.3 Å². The van der Waals surface area contributed by atoms with Crippen molar-refractivity contribution in [3.63, 3.8) is 0 Å². The summed E-state index contributed by atoms with van der Waals surface area (Å²) in [6, 6.07) is 0. The first-order chi connectivity index (χ1) is 6.11. The lowest BCUT2D eigenvalue weighted by molar-refractivity contribution is -0.134. The number of nitrogens with one attached hydrogen (secondary N) is 1. The molecule has 13 heavy (non-hydrogen) atoms. The fraction of sp³-hybridized carbons (Fsp3) is 0.750. The summed E-state index contributed by atoms with van der Waals surface area (Å²) in [7, 11) is 1.59. The van der Waals surface area contributed by atoms with Gasteiger partial charge in [0.25, 0.3) is 0 Å². The number of carbonyl (C=O) groups excluding carboxylic acids is 2. The summed E-state index contributed by atoms with van der Waals surface area (Å²) in [4.78, 5) is 23.5. The Balaban J connectivity index is 3.78. The fourth-order valence-electron chi connectivity index (χ4n) is 0.871. The summed E-state index contributed by atoms with van der Waals surface area (Å²) in [5.41, 5.74) is 5.21. The molecule has 0 aliphatic rings. The van der Waals surface area contributed by atoms with Crippen molar-refractivity contribution in [2.75, 3.05) is 26.7 Å². The Morgan fingerprint density at radius 1 is 1.46 bits per heavy atom. The molecule has 0 saturated heterocycles. The van der Waals surface area contributed by atoms with Crippen LogP contribution in [-0.2, 0) is 9.59 Å². The zero-order valence-corrected chi connectivity index (χ0v) is 8.17. The van der Waals surface area contributed by atoms with E-state index in [1.807, 2.05) is 6.92 Å². The highest BCUT2D eigenvalue weighted by Crippen LogP contribution is 1.88. The lowest BCUT2D eigenvalue weighted by Gasteiger charge is -2.15. The number of rotatable bonds is 5. The Kier molecular flexibility index (Phi) is 5.88. The van der Waals surface area contributed by atoms with Crippen molar-refractivity contribution >= 4 is 11.8 Å². The molecule has 0 aromatic rings. The van der Waals surface area contributed by atoms with Crippen LogP contribution in [-0.4, -0.2) is 43.4 Å². The standard InChI is InChI=1S/C8H17N3O2/c1-3-10-7(12)6-11(2)8(13)4-5-9/h3-6,9H2,1-2H3,(H,10,12). The first-order valence-electron chi connectivity index (χ1n) is 4.32. The molecule has 0 spiro atoms. The lowest BCUT2D eigenvalue weighted by Crippen LogP contribution is -2.38. The van der Waals surface area contributed by atoms with E-state index in [-0.39, 0.29) is 24.8 Å². The molecule has 0 aromatic heterocycles. The number of likely N-dealkylation sites (N-methyl/N-ethyl adjacent to an activating group) is 2. The Hall–Kier alpha value is -1.10. The Morgan fingerprint density at radius 3 is 2.54 bits per heavy atom. The van der Waals surface area contributed by atoms with Crippen LogP contribution in [0.5, 0.6) is 0 Å². The zero-order valence-electron chi connectivity index (χ0n) is 8.17. The molecule has 0 aliphatic carbocycles. The third kappa shape index (κ3) is 5.19. The Morgan fingerprint density at radius 2 is 2.08 bits per heavy atom. The third-order valence-corrected chi connectivity index (χ3v) is 1.54. The minimum Gasteiger partial charge on any atom is -0.355 e. The maximum atomic E-state index is 11.1. The average Bonchev–Trinajstić information content (AvgIpc) is 2.05. The predicted octanol–water partition coefficient (Wildman–Crippen LogP) is -1.07. The molecule has 3 N–H and O–H groups in total. The van der Waals surface area contributed by atoms with Crippen LogP contribution in [0.2, 0.25) is 0 Å². The predicted molar refractivity (Wildman–Crippen MR) is 50.0 cm³/mol. The fourth-order valence-corrected chi connectivity index (χ4v) is 0.871. The highest BCUT2D eigenvalue weighted by Gasteiger charge is 2.10. The smallest absolute Gasteiger partial charge is 0.239 e. The second-order valence-corrected chi connectivity index (χ2v) is 2.74. The van der Waals surface area contributed by atoms with Gasteiger partial charge in [0.05, 0.1) is 6.54 Å². The van der Waals surface area contributed by atoms with Gasteiger partial charge in [-0.15, -0.1) is 0 Å². The molecule has 0 aromatic carbocycles. The highest BCUT2D eigenvalue weighted by atomic mass is 16.2. The molecule has 5 nitrogen and oxygen atoms in total. The normalized spacial score (nSPS) is 9.46. The van der Waals surface area contributed by atoms with E-state index in [0.717, 1.165) is 0 Å². The molecule has 0 unspecified atom stereocenters. The first kappa shape index (κ1) is 11.9. The molecule has 76 valence electrons. The van der Waals surface area contributed by atoms with Crippen LogP contribution in [0.25, 0.3) is 0 Å². The molecule has 0 radical (unpaired) electrons. The number of hydrogen-bond acceptors (Lipinski definition) is 3. The molecule has 0 aliphatic heterocycles. The van der Waals surface area contributed by atoms with Crippen molar-refractivity contribution in [1.29, 1.82) is 0 Å². The molecule has 0 bridgehead atoms. The molecular weight excluding hydrogens is 170 g/mol. The van der Waals surface area contributed by atoms with Crippen molar-refractivity contribution in [1.82, 2.24) is 10.2 Å². The maximum absolute atomic E-state index is 11.1. The van der Waals surface area contributed by atoms with Crippen LogP contribution in [0.4, 0.5) is 0 Å². The number of nitrogens with zero attached hydrogens (tertiary/aromatic N) is 1. The lowest BCUT2D eigenvalue weighted by atomic mass is 10.3. The van der Waals surface area contributed by atoms with E-state index in [0.29, 0.717) is 13.1 Å². The van der Waals surface area contributed by atoms with Gasteiger partial charge in [-0.2, -0.15) is 0 Å². The van der Waals surface area contributed by atoms with E-state index in [4.69, 9.17) is 5.73 Å². The van der Waals surface area contributed by atoms with Gasteiger partial charge in [-0.3, -0.25) is 9.59 Å². The summed E-state index contributed by atoms with van der Waals surface area (Å²) < 4.78 is 0. The number of amides is 2. The second-order valence-electron chi connectivity index (χ2n) is 2.74. The highest BCUT2D eigenvalue weighted by molar-refractivity contribution is 5.84. The van der Waals surface area contributed by atoms with Crippen LogP contribution >= 0.6 is 0 Å². The van der Waals surface area contributed by atoms with Crippen molar-refractivity contribution < 1.29 is 9.59 Å². The van der Waals surface area contributed by atoms with E-state index in [2.05, 4.69) is 5.32 Å². The molecule has 0 rings (SSSR count). The third-order valence-electron chi connectivity index (χ3n) is 1.54. The van der Waals surface area contributed by atoms with Gasteiger partial charge in [0.1, 0.15) is 0 Å². The van der Waals surface area contributed by atoms with Crippen molar-refractivity contribution in [3.8, 4) is 0 Å². The maximum Gasteiger partial charge on any atom is 0.239 e. The first-order valence-corrected chi connectivity index (χ1v) is 4.32. The van der Waals surface area contributed by atoms with Gasteiger partial charge in [-0.05, 0) is 6.92 Å². The molecule has 2 amide bonds. The molecule has 0 saturated carbocycles. The van der Waals surface area contributed by atoms with Gasteiger partial charge < -0.3 is 16.0 Å². The average molecular weight is 187 g/mol. The SMILES string of the molecule is CCNC(=O)CN(C)C(=O)CCN. The number of carbonyl (C=O) groups is 2. The summed E-state index contributed by atoms with van der Waals surface area (Å²) in [5.74, 6) is -0.246. The van der Waals surface area contributed by atoms with Gasteiger partial charge in [0, 0.05) is 26.6 Å². The van der Waals surface area contributed by atoms with E-state index in [1.165, 1.54) is 4.90 Å². The Bertz CT molecular complexity index is 182. The van der Waals surface area contributed by atoms with Crippen LogP contribution in [0.3, 0.4) is 0 Å². The van der Waals surface area contributed by atoms with Crippen molar-refractivity contribution in [2.45, 2.75) is 13.3 Å². The molecular formula is C8H17N3O2. The number of hydrogen-bond donors (Lipinski definition) is 2. The largest absolute Gasteiger partial charge is 0.355 e. The summed E-state index contributed by atoms with van der Waals surface area (Å²) >= 11 is 0. The van der Waals surface area contributed by atoms with E-state index in [9.17, 15) is 9.59 Å².